The van der Waals surface area contributed by atoms with Gasteiger partial charge >= 0.3 is 0 Å². The molecule has 32 heavy (non-hydrogen) atoms. The third-order valence-corrected chi connectivity index (χ3v) is 8.02. The van der Waals surface area contributed by atoms with E-state index in [2.05, 4.69) is 12.2 Å². The van der Waals surface area contributed by atoms with E-state index in [9.17, 15) is 13.2 Å². The lowest BCUT2D eigenvalue weighted by molar-refractivity contribution is -0.126. The number of nitrogens with zero attached hydrogens (tertiary/aromatic N) is 1. The smallest absolute Gasteiger partial charge is 0.224 e. The molecule has 9 heteroatoms. The summed E-state index contributed by atoms with van der Waals surface area (Å²) < 4.78 is 32.9. The van der Waals surface area contributed by atoms with E-state index in [0.29, 0.717) is 48.1 Å². The monoisotopic (exact) mass is 498 g/mol. The predicted octanol–water partition coefficient (Wildman–Crippen LogP) is 4.29. The van der Waals surface area contributed by atoms with Gasteiger partial charge in [0.25, 0.3) is 0 Å². The van der Waals surface area contributed by atoms with Crippen molar-refractivity contribution < 1.29 is 17.9 Å². The van der Waals surface area contributed by atoms with Crippen LogP contribution in [0.3, 0.4) is 0 Å². The third-order valence-electron chi connectivity index (χ3n) is 5.54. The summed E-state index contributed by atoms with van der Waals surface area (Å²) >= 11 is 12.3. The van der Waals surface area contributed by atoms with Crippen LogP contribution in [0.15, 0.2) is 42.5 Å². The number of sulfonamides is 1. The van der Waals surface area contributed by atoms with Crippen LogP contribution in [0.1, 0.15) is 30.9 Å². The zero-order valence-corrected chi connectivity index (χ0v) is 20.3. The van der Waals surface area contributed by atoms with Gasteiger partial charge in [-0.05, 0) is 49.1 Å². The van der Waals surface area contributed by atoms with Crippen LogP contribution in [0, 0.1) is 5.92 Å². The van der Waals surface area contributed by atoms with Gasteiger partial charge in [0.15, 0.2) is 0 Å². The van der Waals surface area contributed by atoms with Crippen LogP contribution in [0.25, 0.3) is 0 Å². The number of hydrogen-bond acceptors (Lipinski definition) is 4. The van der Waals surface area contributed by atoms with Gasteiger partial charge in [-0.2, -0.15) is 0 Å². The topological polar surface area (TPSA) is 75.7 Å². The predicted molar refractivity (Wildman–Crippen MR) is 128 cm³/mol. The molecule has 1 heterocycles. The molecule has 1 saturated heterocycles. The second-order valence-corrected chi connectivity index (χ2v) is 10.6. The first-order valence-electron chi connectivity index (χ1n) is 10.7. The molecule has 0 unspecified atom stereocenters. The van der Waals surface area contributed by atoms with Gasteiger partial charge in [-0.25, -0.2) is 12.7 Å². The van der Waals surface area contributed by atoms with Gasteiger partial charge in [0.2, 0.25) is 15.9 Å². The molecule has 2 aromatic rings. The van der Waals surface area contributed by atoms with Crippen molar-refractivity contribution in [3.63, 3.8) is 0 Å². The number of rotatable bonds is 9. The number of carbonyl (C=O) groups excluding carboxylic acids is 1. The maximum absolute atomic E-state index is 12.9. The Hall–Kier alpha value is -1.80. The quantitative estimate of drug-likeness (QED) is 0.523. The molecule has 6 nitrogen and oxygen atoms in total. The second kappa shape index (κ2) is 11.4. The number of piperidine rings is 1. The van der Waals surface area contributed by atoms with E-state index in [1.165, 1.54) is 9.87 Å². The van der Waals surface area contributed by atoms with E-state index in [4.69, 9.17) is 27.9 Å². The number of ether oxygens (including phenoxy) is 1. The number of nitrogens with one attached hydrogen (secondary N) is 1. The summed E-state index contributed by atoms with van der Waals surface area (Å²) in [7, 11) is -3.66. The molecule has 0 radical (unpaired) electrons. The highest BCUT2D eigenvalue weighted by Crippen LogP contribution is 2.29. The molecular formula is C23H28Cl2N2O4S. The van der Waals surface area contributed by atoms with Crippen LogP contribution in [0.4, 0.5) is 0 Å². The van der Waals surface area contributed by atoms with Crippen molar-refractivity contribution in [3.8, 4) is 5.75 Å². The van der Waals surface area contributed by atoms with Crippen molar-refractivity contribution in [1.82, 2.24) is 9.62 Å². The zero-order chi connectivity index (χ0) is 23.1. The Morgan fingerprint density at radius 2 is 1.84 bits per heavy atom. The minimum Gasteiger partial charge on any atom is -0.492 e. The largest absolute Gasteiger partial charge is 0.492 e. The van der Waals surface area contributed by atoms with Crippen molar-refractivity contribution >= 4 is 39.1 Å². The normalized spacial score (nSPS) is 17.2. The molecule has 1 amide bonds. The molecular weight excluding hydrogens is 471 g/mol. The number of carbonyl (C=O) groups is 1. The molecule has 1 aliphatic rings. The van der Waals surface area contributed by atoms with Crippen LogP contribution in [-0.2, 0) is 27.0 Å². The Bertz CT molecular complexity index is 1010. The fourth-order valence-electron chi connectivity index (χ4n) is 3.66. The summed E-state index contributed by atoms with van der Waals surface area (Å²) in [5.41, 5.74) is 1.62. The van der Waals surface area contributed by atoms with E-state index >= 15 is 0 Å². The van der Waals surface area contributed by atoms with Gasteiger partial charge < -0.3 is 10.1 Å². The fraction of sp³-hybridized carbons (Fsp3) is 0.435. The van der Waals surface area contributed by atoms with Crippen molar-refractivity contribution in [2.24, 2.45) is 5.92 Å². The van der Waals surface area contributed by atoms with Crippen LogP contribution in [0.2, 0.25) is 10.0 Å². The van der Waals surface area contributed by atoms with Crippen LogP contribution >= 0.6 is 23.2 Å². The van der Waals surface area contributed by atoms with E-state index in [0.717, 1.165) is 12.2 Å². The number of amides is 1. The van der Waals surface area contributed by atoms with Crippen LogP contribution in [0.5, 0.6) is 5.75 Å². The molecule has 0 aliphatic carbocycles. The fourth-order valence-corrected chi connectivity index (χ4v) is 6.02. The number of halogens is 2. The third kappa shape index (κ3) is 6.61. The molecule has 1 N–H and O–H groups in total. The lowest BCUT2D eigenvalue weighted by Gasteiger charge is -2.31. The summed E-state index contributed by atoms with van der Waals surface area (Å²) in [6.07, 6.45) is 2.23. The van der Waals surface area contributed by atoms with Gasteiger partial charge in [-0.15, -0.1) is 0 Å². The highest BCUT2D eigenvalue weighted by Gasteiger charge is 2.33. The molecule has 3 rings (SSSR count). The second-order valence-electron chi connectivity index (χ2n) is 7.79. The molecule has 2 aromatic carbocycles. The average Bonchev–Trinajstić information content (AvgIpc) is 2.79. The van der Waals surface area contributed by atoms with Crippen LogP contribution < -0.4 is 10.1 Å². The average molecular weight is 499 g/mol. The molecule has 0 saturated carbocycles. The Morgan fingerprint density at radius 3 is 2.50 bits per heavy atom. The van der Waals surface area contributed by atoms with Gasteiger partial charge in [-0.3, -0.25) is 4.79 Å². The van der Waals surface area contributed by atoms with E-state index in [-0.39, 0.29) is 18.2 Å². The molecule has 0 spiro atoms. The first-order valence-corrected chi connectivity index (χ1v) is 13.1. The molecule has 1 aliphatic heterocycles. The molecule has 174 valence electrons. The lowest BCUT2D eigenvalue weighted by atomic mass is 9.99. The Labute approximate surface area is 199 Å². The minimum atomic E-state index is -3.66. The Kier molecular flexibility index (Phi) is 8.82. The highest BCUT2D eigenvalue weighted by atomic mass is 35.5. The summed E-state index contributed by atoms with van der Waals surface area (Å²) in [5.74, 6) is -0.0934. The van der Waals surface area contributed by atoms with E-state index in [1.54, 1.807) is 18.2 Å². The van der Waals surface area contributed by atoms with Gasteiger partial charge in [0, 0.05) is 28.7 Å². The summed E-state index contributed by atoms with van der Waals surface area (Å²) in [4.78, 5) is 12.6. The summed E-state index contributed by atoms with van der Waals surface area (Å²) in [6.45, 7) is 3.32. The maximum Gasteiger partial charge on any atom is 0.224 e. The molecule has 1 atom stereocenters. The van der Waals surface area contributed by atoms with Crippen molar-refractivity contribution in [2.75, 3.05) is 26.2 Å². The summed E-state index contributed by atoms with van der Waals surface area (Å²) in [6, 6.07) is 12.8. The zero-order valence-electron chi connectivity index (χ0n) is 18.0. The molecule has 1 fully saturated rings. The first-order chi connectivity index (χ1) is 15.3. The van der Waals surface area contributed by atoms with Crippen molar-refractivity contribution in [2.45, 2.75) is 31.9 Å². The van der Waals surface area contributed by atoms with Crippen molar-refractivity contribution in [3.05, 3.63) is 63.6 Å². The summed E-state index contributed by atoms with van der Waals surface area (Å²) in [5, 5.41) is 3.49. The Morgan fingerprint density at radius 1 is 1.16 bits per heavy atom. The Balaban J connectivity index is 1.50. The van der Waals surface area contributed by atoms with Gasteiger partial charge in [-0.1, -0.05) is 48.3 Å². The van der Waals surface area contributed by atoms with Gasteiger partial charge in [0.1, 0.15) is 12.4 Å². The van der Waals surface area contributed by atoms with E-state index < -0.39 is 15.9 Å². The maximum atomic E-state index is 12.9. The van der Waals surface area contributed by atoms with Gasteiger partial charge in [0.05, 0.1) is 18.2 Å². The standard InChI is InChI=1S/C23H28Cl2N2O4S/c1-2-17-8-10-19(11-9-17)31-14-12-26-23(28)18-5-4-13-27(15-18)32(29,30)16-20-21(24)6-3-7-22(20)25/h3,6-11,18H,2,4-5,12-16H2,1H3,(H,26,28)/t18-/m1/s1. The lowest BCUT2D eigenvalue weighted by Crippen LogP contribution is -2.46. The molecule has 0 aromatic heterocycles. The number of benzene rings is 2. The van der Waals surface area contributed by atoms with E-state index in [1.807, 2.05) is 24.3 Å². The number of aryl methyl sites for hydroxylation is 1. The highest BCUT2D eigenvalue weighted by molar-refractivity contribution is 7.88. The first kappa shape index (κ1) is 24.8. The van der Waals surface area contributed by atoms with Crippen LogP contribution in [-0.4, -0.2) is 44.9 Å². The molecule has 0 bridgehead atoms. The SMILES string of the molecule is CCc1ccc(OCCNC(=O)[C@@H]2CCCN(S(=O)(=O)Cc3c(Cl)cccc3Cl)C2)cc1. The number of hydrogen-bond donors (Lipinski definition) is 1. The minimum absolute atomic E-state index is 0.148. The van der Waals surface area contributed by atoms with Crippen molar-refractivity contribution in [1.29, 1.82) is 0 Å².